The molecule has 0 radical (unpaired) electrons. The lowest BCUT2D eigenvalue weighted by Crippen LogP contribution is -2.11. The second-order valence-corrected chi connectivity index (χ2v) is 7.29. The van der Waals surface area contributed by atoms with Crippen molar-refractivity contribution in [1.82, 2.24) is 15.4 Å². The van der Waals surface area contributed by atoms with E-state index < -0.39 is 10.0 Å². The van der Waals surface area contributed by atoms with Gasteiger partial charge in [0.1, 0.15) is 15.2 Å². The first kappa shape index (κ1) is 12.4. The largest absolute Gasteiger partial charge is 0.277 e. The number of benzene rings is 1. The third kappa shape index (κ3) is 2.29. The van der Waals surface area contributed by atoms with Crippen molar-refractivity contribution < 1.29 is 8.42 Å². The molecule has 0 aliphatic heterocycles. The number of thiophene rings is 1. The molecular weight excluding hydrogens is 308 g/mol. The molecule has 2 aromatic heterocycles. The van der Waals surface area contributed by atoms with E-state index in [1.807, 2.05) is 0 Å². The summed E-state index contributed by atoms with van der Waals surface area (Å²) >= 11 is 6.74. The average molecular weight is 315 g/mol. The summed E-state index contributed by atoms with van der Waals surface area (Å²) in [5.41, 5.74) is 1.42. The van der Waals surface area contributed by atoms with Gasteiger partial charge < -0.3 is 0 Å². The molecule has 1 aromatic carbocycles. The minimum absolute atomic E-state index is 0.151. The maximum atomic E-state index is 12.2. The second kappa shape index (κ2) is 4.48. The molecule has 0 saturated carbocycles. The fraction of sp³-hybridized carbons (Fsp3) is 0. The van der Waals surface area contributed by atoms with E-state index in [-0.39, 0.29) is 4.21 Å². The van der Waals surface area contributed by atoms with Crippen LogP contribution in [0, 0.1) is 0 Å². The lowest BCUT2D eigenvalue weighted by Gasteiger charge is -2.05. The van der Waals surface area contributed by atoms with Gasteiger partial charge in [0.05, 0.1) is 10.0 Å². The molecule has 19 heavy (non-hydrogen) atoms. The van der Waals surface area contributed by atoms with E-state index >= 15 is 0 Å². The molecule has 0 atom stereocenters. The summed E-state index contributed by atoms with van der Waals surface area (Å²) in [6, 6.07) is 8.05. The van der Waals surface area contributed by atoms with Crippen LogP contribution in [0.4, 0.5) is 5.69 Å². The highest BCUT2D eigenvalue weighted by Gasteiger charge is 2.18. The number of hydrogen-bond acceptors (Lipinski definition) is 5. The van der Waals surface area contributed by atoms with Gasteiger partial charge in [0.15, 0.2) is 0 Å². The Morgan fingerprint density at radius 2 is 2.05 bits per heavy atom. The average Bonchev–Trinajstić information content (AvgIpc) is 2.97. The zero-order chi connectivity index (χ0) is 13.5. The van der Waals surface area contributed by atoms with Crippen LogP contribution in [0.15, 0.2) is 34.5 Å². The molecule has 0 saturated heterocycles. The molecule has 0 aliphatic rings. The van der Waals surface area contributed by atoms with Crippen LogP contribution in [0.2, 0.25) is 4.34 Å². The number of H-pyrrole nitrogens is 1. The summed E-state index contributed by atoms with van der Waals surface area (Å²) in [6.07, 6.45) is 0. The molecule has 0 aliphatic carbocycles. The van der Waals surface area contributed by atoms with Crippen LogP contribution in [0.3, 0.4) is 0 Å². The molecule has 3 rings (SSSR count). The van der Waals surface area contributed by atoms with Crippen LogP contribution in [0.1, 0.15) is 0 Å². The zero-order valence-corrected chi connectivity index (χ0v) is 11.7. The monoisotopic (exact) mass is 314 g/mol. The number of aromatic nitrogens is 3. The van der Waals surface area contributed by atoms with Crippen LogP contribution in [0.25, 0.3) is 11.0 Å². The van der Waals surface area contributed by atoms with Gasteiger partial charge in [0.25, 0.3) is 10.0 Å². The Balaban J connectivity index is 2.03. The van der Waals surface area contributed by atoms with Crippen molar-refractivity contribution in [3.8, 4) is 0 Å². The van der Waals surface area contributed by atoms with Gasteiger partial charge in [-0.2, -0.15) is 15.4 Å². The summed E-state index contributed by atoms with van der Waals surface area (Å²) in [5.74, 6) is 0. The van der Waals surface area contributed by atoms with Gasteiger partial charge in [0.2, 0.25) is 0 Å². The van der Waals surface area contributed by atoms with Crippen molar-refractivity contribution in [2.45, 2.75) is 4.21 Å². The first-order chi connectivity index (χ1) is 9.06. The predicted octanol–water partition coefficient (Wildman–Crippen LogP) is 2.47. The number of nitrogens with zero attached hydrogens (tertiary/aromatic N) is 2. The summed E-state index contributed by atoms with van der Waals surface area (Å²) in [5, 5.41) is 10.3. The van der Waals surface area contributed by atoms with Gasteiger partial charge in [-0.1, -0.05) is 17.7 Å². The number of aromatic amines is 1. The first-order valence-corrected chi connectivity index (χ1v) is 7.82. The Labute approximate surface area is 117 Å². The van der Waals surface area contributed by atoms with Gasteiger partial charge >= 0.3 is 0 Å². The van der Waals surface area contributed by atoms with Crippen LogP contribution in [-0.2, 0) is 10.0 Å². The van der Waals surface area contributed by atoms with Crippen molar-refractivity contribution in [2.75, 3.05) is 4.72 Å². The van der Waals surface area contributed by atoms with Gasteiger partial charge in [-0.05, 0) is 24.3 Å². The van der Waals surface area contributed by atoms with E-state index in [2.05, 4.69) is 20.1 Å². The Morgan fingerprint density at radius 3 is 2.79 bits per heavy atom. The second-order valence-electron chi connectivity index (χ2n) is 3.66. The Morgan fingerprint density at radius 1 is 1.21 bits per heavy atom. The molecule has 3 aromatic rings. The number of para-hydroxylation sites is 1. The normalized spacial score (nSPS) is 11.8. The van der Waals surface area contributed by atoms with Crippen LogP contribution < -0.4 is 4.72 Å². The molecule has 0 amide bonds. The van der Waals surface area contributed by atoms with E-state index in [9.17, 15) is 8.42 Å². The molecule has 0 bridgehead atoms. The third-order valence-corrected chi connectivity index (χ3v) is 5.49. The van der Waals surface area contributed by atoms with Gasteiger partial charge in [-0.15, -0.1) is 11.3 Å². The molecule has 0 fully saturated rings. The Kier molecular flexibility index (Phi) is 2.92. The van der Waals surface area contributed by atoms with Crippen LogP contribution in [0.5, 0.6) is 0 Å². The highest BCUT2D eigenvalue weighted by Crippen LogP contribution is 2.28. The van der Waals surface area contributed by atoms with E-state index in [1.54, 1.807) is 18.2 Å². The molecule has 0 spiro atoms. The fourth-order valence-corrected chi connectivity index (χ4v) is 4.14. The SMILES string of the molecule is O=S(=O)(Nc1cccc2n[nH]nc12)c1ccc(Cl)s1. The number of fused-ring (bicyclic) bond motifs is 1. The van der Waals surface area contributed by atoms with Gasteiger partial charge in [0, 0.05) is 0 Å². The number of hydrogen-bond donors (Lipinski definition) is 2. The summed E-state index contributed by atoms with van der Waals surface area (Å²) in [7, 11) is -3.66. The van der Waals surface area contributed by atoms with Crippen molar-refractivity contribution in [1.29, 1.82) is 0 Å². The lowest BCUT2D eigenvalue weighted by atomic mass is 10.3. The quantitative estimate of drug-likeness (QED) is 0.777. The molecule has 98 valence electrons. The zero-order valence-electron chi connectivity index (χ0n) is 9.29. The number of halogens is 1. The summed E-state index contributed by atoms with van der Waals surface area (Å²) < 4.78 is 27.4. The molecule has 0 unspecified atom stereocenters. The maximum Gasteiger partial charge on any atom is 0.271 e. The van der Waals surface area contributed by atoms with Crippen molar-refractivity contribution in [2.24, 2.45) is 0 Å². The van der Waals surface area contributed by atoms with E-state index in [1.165, 1.54) is 12.1 Å². The van der Waals surface area contributed by atoms with Crippen molar-refractivity contribution in [3.05, 3.63) is 34.7 Å². The summed E-state index contributed by atoms with van der Waals surface area (Å²) in [6.45, 7) is 0. The number of rotatable bonds is 3. The molecule has 9 heteroatoms. The lowest BCUT2D eigenvalue weighted by molar-refractivity contribution is 0.603. The summed E-state index contributed by atoms with van der Waals surface area (Å²) in [4.78, 5) is 0. The molecule has 6 nitrogen and oxygen atoms in total. The number of nitrogens with one attached hydrogen (secondary N) is 2. The van der Waals surface area contributed by atoms with E-state index in [0.717, 1.165) is 11.3 Å². The Bertz CT molecular complexity index is 840. The molecule has 2 heterocycles. The number of sulfonamides is 1. The Hall–Kier alpha value is -1.64. The smallest absolute Gasteiger partial charge is 0.271 e. The minimum atomic E-state index is -3.66. The first-order valence-electron chi connectivity index (χ1n) is 5.14. The molecular formula is C10H7ClN4O2S2. The number of anilines is 1. The molecule has 2 N–H and O–H groups in total. The van der Waals surface area contributed by atoms with E-state index in [4.69, 9.17) is 11.6 Å². The van der Waals surface area contributed by atoms with Crippen molar-refractivity contribution >= 4 is 49.7 Å². The highest BCUT2D eigenvalue weighted by molar-refractivity contribution is 7.94. The maximum absolute atomic E-state index is 12.2. The van der Waals surface area contributed by atoms with E-state index in [0.29, 0.717) is 21.1 Å². The minimum Gasteiger partial charge on any atom is -0.277 e. The van der Waals surface area contributed by atoms with Crippen molar-refractivity contribution in [3.63, 3.8) is 0 Å². The topological polar surface area (TPSA) is 87.7 Å². The van der Waals surface area contributed by atoms with Crippen LogP contribution >= 0.6 is 22.9 Å². The highest BCUT2D eigenvalue weighted by atomic mass is 35.5. The van der Waals surface area contributed by atoms with Crippen LogP contribution in [-0.4, -0.2) is 23.8 Å². The standard InChI is InChI=1S/C10H7ClN4O2S2/c11-8-4-5-9(18-8)19(16,17)14-7-3-1-2-6-10(7)13-15-12-6/h1-5,14H,(H,12,13,15). The third-order valence-electron chi connectivity index (χ3n) is 2.40. The predicted molar refractivity (Wildman–Crippen MR) is 74.0 cm³/mol. The van der Waals surface area contributed by atoms with Gasteiger partial charge in [-0.3, -0.25) is 4.72 Å². The fourth-order valence-electron chi connectivity index (χ4n) is 1.59. The van der Waals surface area contributed by atoms with Gasteiger partial charge in [-0.25, -0.2) is 8.42 Å².